The van der Waals surface area contributed by atoms with Crippen molar-refractivity contribution in [1.82, 2.24) is 20.0 Å². The molecule has 6 rings (SSSR count). The lowest BCUT2D eigenvalue weighted by Gasteiger charge is -2.10. The number of thiazole rings is 1. The third kappa shape index (κ3) is 4.47. The van der Waals surface area contributed by atoms with E-state index in [4.69, 9.17) is 26.4 Å². The van der Waals surface area contributed by atoms with Gasteiger partial charge in [0.1, 0.15) is 10.5 Å². The van der Waals surface area contributed by atoms with Gasteiger partial charge in [-0.05, 0) is 61.0 Å². The fraction of sp³-hybridized carbons (Fsp3) is 0.280. The van der Waals surface area contributed by atoms with Crippen molar-refractivity contribution in [1.29, 1.82) is 0 Å². The van der Waals surface area contributed by atoms with Crippen LogP contribution in [0.2, 0.25) is 0 Å². The summed E-state index contributed by atoms with van der Waals surface area (Å²) in [5.41, 5.74) is 1.60. The molecule has 0 bridgehead atoms. The fourth-order valence-electron chi connectivity index (χ4n) is 4.51. The van der Waals surface area contributed by atoms with E-state index >= 15 is 0 Å². The minimum atomic E-state index is -0.372. The second-order valence-electron chi connectivity index (χ2n) is 8.78. The monoisotopic (exact) mass is 538 g/mol. The van der Waals surface area contributed by atoms with E-state index in [1.807, 2.05) is 12.1 Å². The lowest BCUT2D eigenvalue weighted by molar-refractivity contribution is 0.0861. The number of benzene rings is 2. The highest BCUT2D eigenvalue weighted by Crippen LogP contribution is 2.32. The molecule has 2 aromatic heterocycles. The van der Waals surface area contributed by atoms with Gasteiger partial charge < -0.3 is 29.8 Å². The normalized spacial score (nSPS) is 16.4. The minimum absolute atomic E-state index is 0.00980. The summed E-state index contributed by atoms with van der Waals surface area (Å²) in [5.74, 6) is 0.666. The van der Waals surface area contributed by atoms with E-state index in [1.54, 1.807) is 28.7 Å². The van der Waals surface area contributed by atoms with Gasteiger partial charge in [-0.25, -0.2) is 0 Å². The Kier molecular flexibility index (Phi) is 6.14. The van der Waals surface area contributed by atoms with E-state index in [1.165, 1.54) is 0 Å². The maximum atomic E-state index is 13.0. The van der Waals surface area contributed by atoms with Crippen LogP contribution in [0.15, 0.2) is 41.2 Å². The highest BCUT2D eigenvalue weighted by Gasteiger charge is 2.21. The van der Waals surface area contributed by atoms with Crippen LogP contribution in [-0.4, -0.2) is 47.2 Å². The second kappa shape index (κ2) is 9.61. The number of hydrogen-bond donors (Lipinski definition) is 3. The summed E-state index contributed by atoms with van der Waals surface area (Å²) in [6, 6.07) is 10.3. The summed E-state index contributed by atoms with van der Waals surface area (Å²) < 4.78 is 18.3. The Bertz CT molecular complexity index is 1670. The van der Waals surface area contributed by atoms with Crippen LogP contribution < -0.4 is 25.7 Å². The van der Waals surface area contributed by atoms with Crippen molar-refractivity contribution >= 4 is 51.9 Å². The number of carbonyl (C=O) groups excluding carboxylic acids is 2. The highest BCUT2D eigenvalue weighted by atomic mass is 32.1. The highest BCUT2D eigenvalue weighted by molar-refractivity contribution is 7.73. The van der Waals surface area contributed by atoms with Gasteiger partial charge in [0.05, 0.1) is 17.0 Å². The van der Waals surface area contributed by atoms with E-state index in [-0.39, 0.29) is 36.8 Å². The van der Waals surface area contributed by atoms with Crippen LogP contribution >= 0.6 is 23.6 Å². The van der Waals surface area contributed by atoms with Gasteiger partial charge in [0.25, 0.3) is 17.4 Å². The number of fused-ring (bicyclic) bond motifs is 4. The van der Waals surface area contributed by atoms with Gasteiger partial charge in [-0.3, -0.25) is 18.8 Å². The quantitative estimate of drug-likeness (QED) is 0.322. The summed E-state index contributed by atoms with van der Waals surface area (Å²) in [5, 5.41) is 6.12. The Morgan fingerprint density at radius 2 is 1.97 bits per heavy atom. The van der Waals surface area contributed by atoms with Crippen molar-refractivity contribution in [3.63, 3.8) is 0 Å². The molecule has 1 saturated heterocycles. The molecular formula is C25H22N4O6S2. The van der Waals surface area contributed by atoms with Crippen molar-refractivity contribution in [2.45, 2.75) is 25.5 Å². The molecule has 4 aromatic rings. The van der Waals surface area contributed by atoms with Crippen LogP contribution in [0.3, 0.4) is 0 Å². The molecule has 3 N–H and O–H groups in total. The predicted molar refractivity (Wildman–Crippen MR) is 139 cm³/mol. The van der Waals surface area contributed by atoms with Gasteiger partial charge in [-0.2, -0.15) is 0 Å². The molecule has 2 amide bonds. The zero-order chi connectivity index (χ0) is 25.5. The van der Waals surface area contributed by atoms with Crippen LogP contribution in [0.4, 0.5) is 0 Å². The number of aromatic nitrogens is 2. The maximum Gasteiger partial charge on any atom is 0.265 e. The van der Waals surface area contributed by atoms with Crippen molar-refractivity contribution in [2.24, 2.45) is 0 Å². The summed E-state index contributed by atoms with van der Waals surface area (Å²) in [6.45, 7) is 1.55. The van der Waals surface area contributed by atoms with Gasteiger partial charge >= 0.3 is 0 Å². The third-order valence-corrected chi connectivity index (χ3v) is 7.77. The lowest BCUT2D eigenvalue weighted by atomic mass is 10.1. The van der Waals surface area contributed by atoms with Crippen LogP contribution in [0.5, 0.6) is 11.5 Å². The molecule has 12 heteroatoms. The molecule has 0 saturated carbocycles. The van der Waals surface area contributed by atoms with Crippen molar-refractivity contribution in [2.75, 3.05) is 19.9 Å². The molecule has 37 heavy (non-hydrogen) atoms. The number of nitrogens with zero attached hydrogens (tertiary/aromatic N) is 1. The van der Waals surface area contributed by atoms with Gasteiger partial charge in [0.2, 0.25) is 6.79 Å². The van der Waals surface area contributed by atoms with Crippen molar-refractivity contribution in [3.8, 4) is 11.5 Å². The molecule has 0 spiro atoms. The van der Waals surface area contributed by atoms with Gasteiger partial charge in [-0.1, -0.05) is 17.4 Å². The largest absolute Gasteiger partial charge is 0.454 e. The first kappa shape index (κ1) is 23.6. The SMILES string of the molecule is O=C(NCc1ccc2c(c1)OCO2)c1ccc2c(=O)[nH]c3c(C(=O)NCC4CCCO4)sc(=S)n3c2c1. The van der Waals surface area contributed by atoms with E-state index in [0.29, 0.717) is 55.6 Å². The van der Waals surface area contributed by atoms with Crippen molar-refractivity contribution < 1.29 is 23.8 Å². The summed E-state index contributed by atoms with van der Waals surface area (Å²) in [7, 11) is 0. The number of rotatable bonds is 6. The second-order valence-corrected chi connectivity index (χ2v) is 10.4. The average molecular weight is 539 g/mol. The number of hydrogen-bond acceptors (Lipinski definition) is 8. The fourth-order valence-corrected chi connectivity index (χ4v) is 5.81. The Morgan fingerprint density at radius 3 is 2.81 bits per heavy atom. The number of carbonyl (C=O) groups is 2. The molecule has 2 aromatic carbocycles. The molecule has 1 fully saturated rings. The van der Waals surface area contributed by atoms with Gasteiger partial charge in [0, 0.05) is 25.3 Å². The molecule has 4 heterocycles. The Morgan fingerprint density at radius 1 is 1.11 bits per heavy atom. The first-order valence-electron chi connectivity index (χ1n) is 11.8. The van der Waals surface area contributed by atoms with Crippen LogP contribution in [-0.2, 0) is 11.3 Å². The molecule has 10 nitrogen and oxygen atoms in total. The molecule has 2 aliphatic heterocycles. The number of nitrogens with one attached hydrogen (secondary N) is 3. The lowest BCUT2D eigenvalue weighted by Crippen LogP contribution is -2.31. The summed E-state index contributed by atoms with van der Waals surface area (Å²) in [4.78, 5) is 41.8. The molecule has 190 valence electrons. The average Bonchev–Trinajstić information content (AvgIpc) is 3.66. The van der Waals surface area contributed by atoms with E-state index in [0.717, 1.165) is 29.7 Å². The molecule has 0 radical (unpaired) electrons. The third-order valence-electron chi connectivity index (χ3n) is 6.40. The van der Waals surface area contributed by atoms with Gasteiger partial charge in [0.15, 0.2) is 15.5 Å². The molecule has 0 aliphatic carbocycles. The Hall–Kier alpha value is -3.74. The van der Waals surface area contributed by atoms with Crippen molar-refractivity contribution in [3.05, 3.63) is 66.7 Å². The zero-order valence-electron chi connectivity index (χ0n) is 19.5. The van der Waals surface area contributed by atoms with Crippen LogP contribution in [0.25, 0.3) is 16.6 Å². The van der Waals surface area contributed by atoms with Crippen LogP contribution in [0, 0.1) is 3.95 Å². The number of aromatic amines is 1. The Labute approximate surface area is 219 Å². The summed E-state index contributed by atoms with van der Waals surface area (Å²) >= 11 is 6.66. The topological polar surface area (TPSA) is 123 Å². The van der Waals surface area contributed by atoms with Crippen LogP contribution in [0.1, 0.15) is 38.4 Å². The molecule has 2 aliphatic rings. The predicted octanol–water partition coefficient (Wildman–Crippen LogP) is 3.14. The van der Waals surface area contributed by atoms with E-state index in [2.05, 4.69) is 15.6 Å². The maximum absolute atomic E-state index is 13.0. The van der Waals surface area contributed by atoms with E-state index in [9.17, 15) is 14.4 Å². The molecule has 1 unspecified atom stereocenters. The Balaban J connectivity index is 1.28. The standard InChI is InChI=1S/C25H22N4O6S2/c30-22(26-10-13-3-6-18-19(8-13)35-12-34-18)14-4-5-16-17(9-14)29-21(28-23(16)31)20(37-25(29)36)24(32)27-11-15-2-1-7-33-15/h3-6,8-9,15H,1-2,7,10-12H2,(H,26,30)(H,27,32)(H,28,31). The first-order chi connectivity index (χ1) is 18.0. The number of ether oxygens (including phenoxy) is 3. The van der Waals surface area contributed by atoms with E-state index < -0.39 is 0 Å². The molecule has 1 atom stereocenters. The summed E-state index contributed by atoms with van der Waals surface area (Å²) in [6.07, 6.45) is 1.86. The minimum Gasteiger partial charge on any atom is -0.454 e. The number of H-pyrrole nitrogens is 1. The molecular weight excluding hydrogens is 516 g/mol. The number of amides is 2. The van der Waals surface area contributed by atoms with Gasteiger partial charge in [-0.15, -0.1) is 0 Å². The zero-order valence-corrected chi connectivity index (χ0v) is 21.1. The first-order valence-corrected chi connectivity index (χ1v) is 13.0. The smallest absolute Gasteiger partial charge is 0.265 e.